The molecule has 0 fully saturated rings. The Bertz CT molecular complexity index is 981. The molecule has 26 heavy (non-hydrogen) atoms. The molecule has 0 atom stereocenters. The zero-order chi connectivity index (χ0) is 18.5. The van der Waals surface area contributed by atoms with Crippen LogP contribution in [0.25, 0.3) is 6.08 Å². The van der Waals surface area contributed by atoms with Gasteiger partial charge in [0, 0.05) is 5.56 Å². The second kappa shape index (κ2) is 7.32. The van der Waals surface area contributed by atoms with E-state index < -0.39 is 5.91 Å². The lowest BCUT2D eigenvalue weighted by Gasteiger charge is -2.18. The van der Waals surface area contributed by atoms with Gasteiger partial charge in [0.05, 0.1) is 5.70 Å². The number of amides is 1. The summed E-state index contributed by atoms with van der Waals surface area (Å²) in [7, 11) is 0. The van der Waals surface area contributed by atoms with Crippen LogP contribution in [0.4, 0.5) is 0 Å². The Morgan fingerprint density at radius 2 is 1.69 bits per heavy atom. The van der Waals surface area contributed by atoms with E-state index in [0.29, 0.717) is 5.56 Å². The van der Waals surface area contributed by atoms with Crippen LogP contribution in [0.3, 0.4) is 0 Å². The first kappa shape index (κ1) is 16.9. The van der Waals surface area contributed by atoms with Crippen molar-refractivity contribution in [3.63, 3.8) is 0 Å². The topological polar surface area (TPSA) is 88.2 Å². The maximum Gasteiger partial charge on any atom is 0.264 e. The number of nitriles is 1. The van der Waals surface area contributed by atoms with Crippen molar-refractivity contribution in [3.05, 3.63) is 101 Å². The minimum atomic E-state index is -0.480. The molecule has 2 aromatic carbocycles. The van der Waals surface area contributed by atoms with Gasteiger partial charge in [0.2, 0.25) is 0 Å². The second-order valence-corrected chi connectivity index (χ2v) is 5.51. The molecule has 1 amide bonds. The van der Waals surface area contributed by atoms with Gasteiger partial charge in [-0.05, 0) is 23.8 Å². The average molecular weight is 341 g/mol. The second-order valence-electron chi connectivity index (χ2n) is 5.51. The molecule has 5 heteroatoms. The normalized spacial score (nSPS) is 15.7. The van der Waals surface area contributed by atoms with Gasteiger partial charge in [0.25, 0.3) is 5.91 Å². The predicted molar refractivity (Wildman–Crippen MR) is 99.2 cm³/mol. The number of rotatable bonds is 3. The van der Waals surface area contributed by atoms with Crippen LogP contribution in [0, 0.1) is 16.7 Å². The molecule has 0 aliphatic carbocycles. The Morgan fingerprint density at radius 1 is 1.08 bits per heavy atom. The SMILES string of the molecule is N#CC1=C(O)/C(=C\C=C\c2ccccc2)N(C(=O)c2ccccc2)C1=N. The quantitative estimate of drug-likeness (QED) is 0.882. The van der Waals surface area contributed by atoms with Crippen molar-refractivity contribution >= 4 is 17.8 Å². The fourth-order valence-electron chi connectivity index (χ4n) is 2.57. The number of carbonyl (C=O) groups is 1. The number of amidine groups is 1. The lowest BCUT2D eigenvalue weighted by atomic mass is 10.2. The van der Waals surface area contributed by atoms with Crippen LogP contribution < -0.4 is 0 Å². The van der Waals surface area contributed by atoms with Gasteiger partial charge in [-0.1, -0.05) is 60.7 Å². The lowest BCUT2D eigenvalue weighted by molar-refractivity contribution is 0.0878. The summed E-state index contributed by atoms with van der Waals surface area (Å²) in [6.07, 6.45) is 4.99. The highest BCUT2D eigenvalue weighted by molar-refractivity contribution is 6.17. The van der Waals surface area contributed by atoms with Crippen molar-refractivity contribution in [2.45, 2.75) is 0 Å². The Balaban J connectivity index is 1.98. The van der Waals surface area contributed by atoms with E-state index in [9.17, 15) is 15.2 Å². The monoisotopic (exact) mass is 341 g/mol. The van der Waals surface area contributed by atoms with Gasteiger partial charge < -0.3 is 5.11 Å². The minimum absolute atomic E-state index is 0.104. The predicted octanol–water partition coefficient (Wildman–Crippen LogP) is 4.05. The van der Waals surface area contributed by atoms with E-state index in [4.69, 9.17) is 5.41 Å². The molecule has 0 saturated heterocycles. The number of nitrogens with zero attached hydrogens (tertiary/aromatic N) is 2. The smallest absolute Gasteiger partial charge is 0.264 e. The molecule has 126 valence electrons. The molecule has 1 aliphatic heterocycles. The lowest BCUT2D eigenvalue weighted by Crippen LogP contribution is -2.32. The molecule has 0 spiro atoms. The van der Waals surface area contributed by atoms with Crippen LogP contribution >= 0.6 is 0 Å². The summed E-state index contributed by atoms with van der Waals surface area (Å²) in [6.45, 7) is 0. The van der Waals surface area contributed by atoms with Crippen molar-refractivity contribution in [1.29, 1.82) is 10.7 Å². The van der Waals surface area contributed by atoms with Crippen molar-refractivity contribution in [1.82, 2.24) is 4.90 Å². The van der Waals surface area contributed by atoms with Crippen molar-refractivity contribution < 1.29 is 9.90 Å². The fourth-order valence-corrected chi connectivity index (χ4v) is 2.57. The molecule has 0 radical (unpaired) electrons. The molecule has 1 aliphatic rings. The van der Waals surface area contributed by atoms with Crippen molar-refractivity contribution in [2.24, 2.45) is 0 Å². The summed E-state index contributed by atoms with van der Waals surface area (Å²) in [4.78, 5) is 13.8. The molecule has 2 aromatic rings. The van der Waals surface area contributed by atoms with Gasteiger partial charge in [0.1, 0.15) is 11.6 Å². The van der Waals surface area contributed by atoms with E-state index in [1.54, 1.807) is 48.6 Å². The van der Waals surface area contributed by atoms with E-state index >= 15 is 0 Å². The van der Waals surface area contributed by atoms with Gasteiger partial charge in [-0.25, -0.2) is 0 Å². The summed E-state index contributed by atoms with van der Waals surface area (Å²) in [5, 5.41) is 27.6. The van der Waals surface area contributed by atoms with E-state index in [-0.39, 0.29) is 22.9 Å². The molecule has 3 rings (SSSR count). The first-order valence-electron chi connectivity index (χ1n) is 7.89. The zero-order valence-electron chi connectivity index (χ0n) is 13.8. The van der Waals surface area contributed by atoms with Gasteiger partial charge in [-0.2, -0.15) is 5.26 Å². The first-order valence-corrected chi connectivity index (χ1v) is 7.89. The summed E-state index contributed by atoms with van der Waals surface area (Å²) < 4.78 is 0. The third kappa shape index (κ3) is 3.17. The van der Waals surface area contributed by atoms with Crippen LogP contribution in [0.2, 0.25) is 0 Å². The van der Waals surface area contributed by atoms with Crippen molar-refractivity contribution in [2.75, 3.05) is 0 Å². The van der Waals surface area contributed by atoms with E-state index in [2.05, 4.69) is 0 Å². The Morgan fingerprint density at radius 3 is 2.31 bits per heavy atom. The highest BCUT2D eigenvalue weighted by Crippen LogP contribution is 2.29. The number of carbonyl (C=O) groups excluding carboxylic acids is 1. The summed E-state index contributed by atoms with van der Waals surface area (Å²) in [6, 6.07) is 19.8. The highest BCUT2D eigenvalue weighted by atomic mass is 16.3. The highest BCUT2D eigenvalue weighted by Gasteiger charge is 2.36. The number of aliphatic hydroxyl groups excluding tert-OH is 1. The maximum absolute atomic E-state index is 12.8. The number of aliphatic hydroxyl groups is 1. The third-order valence-electron chi connectivity index (χ3n) is 3.86. The molecule has 0 aromatic heterocycles. The fraction of sp³-hybridized carbons (Fsp3) is 0. The Kier molecular flexibility index (Phi) is 4.77. The zero-order valence-corrected chi connectivity index (χ0v) is 13.8. The van der Waals surface area contributed by atoms with Crippen molar-refractivity contribution in [3.8, 4) is 6.07 Å². The standard InChI is InChI=1S/C21H15N3O2/c22-14-17-19(25)18(13-7-10-15-8-3-1-4-9-15)24(20(17)23)21(26)16-11-5-2-6-12-16/h1-13,23,25H/b10-7+,18-13+,23-20?. The van der Waals surface area contributed by atoms with E-state index in [0.717, 1.165) is 10.5 Å². The number of hydrogen-bond acceptors (Lipinski definition) is 4. The largest absolute Gasteiger partial charge is 0.504 e. The van der Waals surface area contributed by atoms with Gasteiger partial charge in [-0.15, -0.1) is 0 Å². The van der Waals surface area contributed by atoms with Gasteiger partial charge in [-0.3, -0.25) is 15.1 Å². The summed E-state index contributed by atoms with van der Waals surface area (Å²) >= 11 is 0. The number of hydrogen-bond donors (Lipinski definition) is 2. The molecule has 0 saturated carbocycles. The third-order valence-corrected chi connectivity index (χ3v) is 3.86. The first-order chi connectivity index (χ1) is 12.6. The summed E-state index contributed by atoms with van der Waals surface area (Å²) in [5.41, 5.74) is 1.19. The molecule has 5 nitrogen and oxygen atoms in total. The Labute approximate surface area is 150 Å². The van der Waals surface area contributed by atoms with Crippen LogP contribution in [0.5, 0.6) is 0 Å². The number of nitrogens with one attached hydrogen (secondary N) is 1. The molecule has 2 N–H and O–H groups in total. The van der Waals surface area contributed by atoms with Crippen LogP contribution in [-0.4, -0.2) is 21.7 Å². The molecular formula is C21H15N3O2. The van der Waals surface area contributed by atoms with Crippen LogP contribution in [0.15, 0.2) is 89.8 Å². The maximum atomic E-state index is 12.8. The van der Waals surface area contributed by atoms with Gasteiger partial charge >= 0.3 is 0 Å². The van der Waals surface area contributed by atoms with E-state index in [1.807, 2.05) is 30.3 Å². The van der Waals surface area contributed by atoms with Crippen LogP contribution in [-0.2, 0) is 0 Å². The van der Waals surface area contributed by atoms with E-state index in [1.165, 1.54) is 6.08 Å². The van der Waals surface area contributed by atoms with Crippen LogP contribution in [0.1, 0.15) is 15.9 Å². The molecule has 0 bridgehead atoms. The minimum Gasteiger partial charge on any atom is -0.504 e. The number of allylic oxidation sites excluding steroid dienone is 2. The molecule has 0 unspecified atom stereocenters. The average Bonchev–Trinajstić information content (AvgIpc) is 2.92. The van der Waals surface area contributed by atoms with Gasteiger partial charge in [0.15, 0.2) is 11.6 Å². The molecular weight excluding hydrogens is 326 g/mol. The molecule has 1 heterocycles. The summed E-state index contributed by atoms with van der Waals surface area (Å²) in [5.74, 6) is -1.19. The Hall–Kier alpha value is -3.91. The number of benzene rings is 2.